The molecule has 0 bridgehead atoms. The first kappa shape index (κ1) is 26.1. The molecular formula is C45H29NO. The van der Waals surface area contributed by atoms with Crippen molar-refractivity contribution in [3.05, 3.63) is 175 Å². The fourth-order valence-corrected chi connectivity index (χ4v) is 7.61. The lowest BCUT2D eigenvalue weighted by atomic mass is 9.96. The van der Waals surface area contributed by atoms with Gasteiger partial charge in [-0.2, -0.15) is 0 Å². The van der Waals surface area contributed by atoms with Gasteiger partial charge < -0.3 is 8.98 Å². The molecule has 10 rings (SSSR count). The maximum absolute atomic E-state index is 6.50. The molecule has 0 saturated carbocycles. The highest BCUT2D eigenvalue weighted by Crippen LogP contribution is 2.46. The maximum atomic E-state index is 6.50. The molecular weight excluding hydrogens is 571 g/mol. The van der Waals surface area contributed by atoms with Crippen LogP contribution in [0.5, 0.6) is 0 Å². The first-order valence-electron chi connectivity index (χ1n) is 16.2. The van der Waals surface area contributed by atoms with E-state index in [9.17, 15) is 0 Å². The molecule has 47 heavy (non-hydrogen) atoms. The Morgan fingerprint density at radius 3 is 1.96 bits per heavy atom. The van der Waals surface area contributed by atoms with Crippen LogP contribution < -0.4 is 0 Å². The molecule has 0 fully saturated rings. The Labute approximate surface area is 272 Å². The summed E-state index contributed by atoms with van der Waals surface area (Å²) in [6.07, 6.45) is 0.957. The largest absolute Gasteiger partial charge is 0.455 e. The molecule has 2 heterocycles. The minimum Gasteiger partial charge on any atom is -0.455 e. The second-order valence-corrected chi connectivity index (χ2v) is 12.5. The van der Waals surface area contributed by atoms with Crippen molar-refractivity contribution in [1.82, 2.24) is 4.57 Å². The Balaban J connectivity index is 1.05. The Kier molecular flexibility index (Phi) is 5.67. The highest BCUT2D eigenvalue weighted by atomic mass is 16.3. The van der Waals surface area contributed by atoms with E-state index in [-0.39, 0.29) is 0 Å². The van der Waals surface area contributed by atoms with Crippen LogP contribution in [0.1, 0.15) is 11.1 Å². The number of hydrogen-bond donors (Lipinski definition) is 0. The number of nitrogens with zero attached hydrogens (tertiary/aromatic N) is 1. The molecule has 220 valence electrons. The number of furan rings is 1. The van der Waals surface area contributed by atoms with Crippen molar-refractivity contribution in [2.45, 2.75) is 6.42 Å². The van der Waals surface area contributed by atoms with Crippen LogP contribution in [0, 0.1) is 0 Å². The van der Waals surface area contributed by atoms with Gasteiger partial charge in [-0.3, -0.25) is 0 Å². The highest BCUT2D eigenvalue weighted by molar-refractivity contribution is 6.10. The van der Waals surface area contributed by atoms with E-state index in [4.69, 9.17) is 4.42 Å². The fraction of sp³-hybridized carbons (Fsp3) is 0.0222. The lowest BCUT2D eigenvalue weighted by Gasteiger charge is -2.13. The van der Waals surface area contributed by atoms with Crippen molar-refractivity contribution < 1.29 is 4.42 Å². The number of hydrogen-bond acceptors (Lipinski definition) is 1. The average molecular weight is 600 g/mol. The Morgan fingerprint density at radius 2 is 1.11 bits per heavy atom. The summed E-state index contributed by atoms with van der Waals surface area (Å²) < 4.78 is 8.94. The van der Waals surface area contributed by atoms with Gasteiger partial charge in [0.25, 0.3) is 0 Å². The summed E-state index contributed by atoms with van der Waals surface area (Å²) >= 11 is 0. The van der Waals surface area contributed by atoms with Crippen LogP contribution in [-0.4, -0.2) is 4.57 Å². The molecule has 2 aromatic heterocycles. The van der Waals surface area contributed by atoms with E-state index in [1.807, 2.05) is 0 Å². The van der Waals surface area contributed by atoms with Gasteiger partial charge in [-0.15, -0.1) is 0 Å². The molecule has 0 atom stereocenters. The molecule has 0 spiro atoms. The van der Waals surface area contributed by atoms with Gasteiger partial charge in [0.05, 0.1) is 11.2 Å². The highest BCUT2D eigenvalue weighted by Gasteiger charge is 2.27. The molecule has 2 heteroatoms. The van der Waals surface area contributed by atoms with Crippen molar-refractivity contribution in [2.75, 3.05) is 0 Å². The summed E-state index contributed by atoms with van der Waals surface area (Å²) in [5, 5.41) is 3.62. The zero-order valence-corrected chi connectivity index (χ0v) is 25.7. The SMILES string of the molecule is c1ccc(-c2ccc3oc4c(-c5ccc(-c6ccc7c(c6)-c6c(c8ccccc8n6-c6ccccc6)C7)cc5)cccc4c3c2)cc1. The Bertz CT molecular complexity index is 2620. The normalized spacial score (nSPS) is 12.2. The van der Waals surface area contributed by atoms with Crippen molar-refractivity contribution in [3.8, 4) is 50.3 Å². The third-order valence-electron chi connectivity index (χ3n) is 9.86. The summed E-state index contributed by atoms with van der Waals surface area (Å²) in [6.45, 7) is 0. The van der Waals surface area contributed by atoms with Crippen molar-refractivity contribution >= 4 is 32.8 Å². The zero-order valence-electron chi connectivity index (χ0n) is 25.7. The molecule has 1 aliphatic carbocycles. The number of benzene rings is 7. The molecule has 0 unspecified atom stereocenters. The van der Waals surface area contributed by atoms with Crippen LogP contribution in [0.15, 0.2) is 168 Å². The van der Waals surface area contributed by atoms with E-state index < -0.39 is 0 Å². The van der Waals surface area contributed by atoms with Gasteiger partial charge in [-0.25, -0.2) is 0 Å². The Hall–Kier alpha value is -6.12. The monoisotopic (exact) mass is 599 g/mol. The van der Waals surface area contributed by atoms with Gasteiger partial charge in [-0.05, 0) is 75.3 Å². The van der Waals surface area contributed by atoms with E-state index in [2.05, 4.69) is 168 Å². The van der Waals surface area contributed by atoms with Crippen LogP contribution in [0.3, 0.4) is 0 Å². The molecule has 0 aliphatic heterocycles. The molecule has 1 aliphatic rings. The van der Waals surface area contributed by atoms with Gasteiger partial charge in [0.2, 0.25) is 0 Å². The smallest absolute Gasteiger partial charge is 0.143 e. The van der Waals surface area contributed by atoms with Crippen LogP contribution in [-0.2, 0) is 6.42 Å². The minimum atomic E-state index is 0.911. The first-order valence-corrected chi connectivity index (χ1v) is 16.2. The van der Waals surface area contributed by atoms with Crippen molar-refractivity contribution in [1.29, 1.82) is 0 Å². The van der Waals surface area contributed by atoms with Gasteiger partial charge >= 0.3 is 0 Å². The number of para-hydroxylation sites is 3. The van der Waals surface area contributed by atoms with Crippen LogP contribution >= 0.6 is 0 Å². The lowest BCUT2D eigenvalue weighted by Crippen LogP contribution is -1.96. The quantitative estimate of drug-likeness (QED) is 0.197. The first-order chi connectivity index (χ1) is 23.3. The van der Waals surface area contributed by atoms with Crippen molar-refractivity contribution in [3.63, 3.8) is 0 Å². The van der Waals surface area contributed by atoms with E-state index >= 15 is 0 Å². The van der Waals surface area contributed by atoms with Crippen LogP contribution in [0.4, 0.5) is 0 Å². The molecule has 0 N–H and O–H groups in total. The molecule has 9 aromatic rings. The Morgan fingerprint density at radius 1 is 0.447 bits per heavy atom. The molecule has 0 amide bonds. The van der Waals surface area contributed by atoms with Gasteiger partial charge in [0, 0.05) is 39.4 Å². The maximum Gasteiger partial charge on any atom is 0.143 e. The molecule has 0 radical (unpaired) electrons. The third kappa shape index (κ3) is 4.05. The number of aromatic nitrogens is 1. The van der Waals surface area contributed by atoms with Gasteiger partial charge in [0.15, 0.2) is 0 Å². The van der Waals surface area contributed by atoms with Gasteiger partial charge in [0.1, 0.15) is 11.2 Å². The molecule has 7 aromatic carbocycles. The van der Waals surface area contributed by atoms with Crippen LogP contribution in [0.25, 0.3) is 83.2 Å². The lowest BCUT2D eigenvalue weighted by molar-refractivity contribution is 0.670. The summed E-state index contributed by atoms with van der Waals surface area (Å²) in [4.78, 5) is 0. The van der Waals surface area contributed by atoms with Gasteiger partial charge in [-0.1, -0.05) is 127 Å². The van der Waals surface area contributed by atoms with Crippen molar-refractivity contribution in [2.24, 2.45) is 0 Å². The topological polar surface area (TPSA) is 18.1 Å². The summed E-state index contributed by atoms with van der Waals surface area (Å²) in [6, 6.07) is 59.0. The van der Waals surface area contributed by atoms with E-state index in [1.54, 1.807) is 0 Å². The van der Waals surface area contributed by atoms with E-state index in [1.165, 1.54) is 61.2 Å². The molecule has 0 saturated heterocycles. The number of rotatable bonds is 4. The molecule has 2 nitrogen and oxygen atoms in total. The summed E-state index contributed by atoms with van der Waals surface area (Å²) in [7, 11) is 0. The minimum absolute atomic E-state index is 0.911. The standard InChI is InChI=1S/C45H29NO/c1-3-10-29(11-4-1)33-24-25-43-40(27-33)38-16-9-15-36(45(38)47-43)31-20-18-30(19-21-31)32-22-23-34-28-41-37-14-7-8-17-42(37)46(44(41)39(34)26-32)35-12-5-2-6-13-35/h1-27H,28H2. The van der Waals surface area contributed by atoms with E-state index in [0.717, 1.165) is 39.5 Å². The third-order valence-corrected chi connectivity index (χ3v) is 9.86. The number of fused-ring (bicyclic) bond motifs is 8. The summed E-state index contributed by atoms with van der Waals surface area (Å²) in [5.41, 5.74) is 16.8. The van der Waals surface area contributed by atoms with E-state index in [0.29, 0.717) is 0 Å². The fourth-order valence-electron chi connectivity index (χ4n) is 7.61. The predicted octanol–water partition coefficient (Wildman–Crippen LogP) is 12.1. The summed E-state index contributed by atoms with van der Waals surface area (Å²) in [5.74, 6) is 0. The predicted molar refractivity (Wildman–Crippen MR) is 195 cm³/mol. The average Bonchev–Trinajstić information content (AvgIpc) is 3.81. The van der Waals surface area contributed by atoms with Crippen LogP contribution in [0.2, 0.25) is 0 Å². The second kappa shape index (κ2) is 10.2. The second-order valence-electron chi connectivity index (χ2n) is 12.5. The zero-order chi connectivity index (χ0) is 30.9.